The molecule has 0 aliphatic rings. The third kappa shape index (κ3) is 4.60. The van der Waals surface area contributed by atoms with Gasteiger partial charge in [0.1, 0.15) is 5.75 Å². The highest BCUT2D eigenvalue weighted by molar-refractivity contribution is 6.32. The molecule has 0 aliphatic heterocycles. The second-order valence-corrected chi connectivity index (χ2v) is 5.86. The molecule has 1 N–H and O–H groups in total. The Morgan fingerprint density at radius 2 is 2.04 bits per heavy atom. The SMILES string of the molecule is C=CCN(Cc1ccccc1C)C(=O)Cc1ccc(O)c(Cl)c1. The first-order valence-corrected chi connectivity index (χ1v) is 7.79. The average Bonchev–Trinajstić information content (AvgIpc) is 2.52. The van der Waals surface area contributed by atoms with Crippen LogP contribution in [0.25, 0.3) is 0 Å². The fourth-order valence-electron chi connectivity index (χ4n) is 2.35. The van der Waals surface area contributed by atoms with Crippen LogP contribution < -0.4 is 0 Å². The molecule has 0 unspecified atom stereocenters. The van der Waals surface area contributed by atoms with Crippen molar-refractivity contribution in [3.63, 3.8) is 0 Å². The quantitative estimate of drug-likeness (QED) is 0.810. The minimum Gasteiger partial charge on any atom is -0.506 e. The Hall–Kier alpha value is -2.26. The molecule has 0 aromatic heterocycles. The lowest BCUT2D eigenvalue weighted by Crippen LogP contribution is -2.32. The number of phenolic OH excluding ortho intramolecular Hbond substituents is 1. The first-order chi connectivity index (χ1) is 11.0. The highest BCUT2D eigenvalue weighted by Crippen LogP contribution is 2.24. The fourth-order valence-corrected chi connectivity index (χ4v) is 2.55. The molecule has 0 fully saturated rings. The standard InChI is InChI=1S/C19H20ClNO2/c1-3-10-21(13-16-7-5-4-6-14(16)2)19(23)12-15-8-9-18(22)17(20)11-15/h3-9,11,22H,1,10,12-13H2,2H3. The lowest BCUT2D eigenvalue weighted by atomic mass is 10.1. The zero-order chi connectivity index (χ0) is 16.8. The summed E-state index contributed by atoms with van der Waals surface area (Å²) in [7, 11) is 0. The van der Waals surface area contributed by atoms with Crippen LogP contribution in [-0.2, 0) is 17.8 Å². The van der Waals surface area contributed by atoms with Gasteiger partial charge in [-0.15, -0.1) is 6.58 Å². The molecule has 0 saturated heterocycles. The number of benzene rings is 2. The van der Waals surface area contributed by atoms with E-state index in [1.54, 1.807) is 23.1 Å². The fraction of sp³-hybridized carbons (Fsp3) is 0.211. The molecule has 4 heteroatoms. The van der Waals surface area contributed by atoms with E-state index in [1.807, 2.05) is 31.2 Å². The summed E-state index contributed by atoms with van der Waals surface area (Å²) in [6, 6.07) is 12.8. The van der Waals surface area contributed by atoms with Crippen LogP contribution in [-0.4, -0.2) is 22.5 Å². The molecule has 1 amide bonds. The van der Waals surface area contributed by atoms with E-state index >= 15 is 0 Å². The van der Waals surface area contributed by atoms with Crippen molar-refractivity contribution in [2.24, 2.45) is 0 Å². The second kappa shape index (κ2) is 7.84. The third-order valence-electron chi connectivity index (χ3n) is 3.69. The maximum atomic E-state index is 12.6. The Kier molecular flexibility index (Phi) is 5.83. The minimum absolute atomic E-state index is 0.00471. The number of amides is 1. The van der Waals surface area contributed by atoms with Gasteiger partial charge in [-0.25, -0.2) is 0 Å². The minimum atomic E-state index is -0.00471. The van der Waals surface area contributed by atoms with Gasteiger partial charge >= 0.3 is 0 Å². The molecule has 0 saturated carbocycles. The van der Waals surface area contributed by atoms with Gasteiger partial charge in [-0.05, 0) is 35.7 Å². The van der Waals surface area contributed by atoms with Crippen LogP contribution in [0, 0.1) is 6.92 Å². The normalized spacial score (nSPS) is 10.3. The molecular formula is C19H20ClNO2. The molecule has 2 rings (SSSR count). The first kappa shape index (κ1) is 17.1. The van der Waals surface area contributed by atoms with Gasteiger partial charge in [0.15, 0.2) is 0 Å². The number of rotatable bonds is 6. The Bertz CT molecular complexity index is 712. The maximum absolute atomic E-state index is 12.6. The first-order valence-electron chi connectivity index (χ1n) is 7.42. The number of nitrogens with zero attached hydrogens (tertiary/aromatic N) is 1. The van der Waals surface area contributed by atoms with E-state index in [0.29, 0.717) is 13.1 Å². The summed E-state index contributed by atoms with van der Waals surface area (Å²) >= 11 is 5.90. The number of halogens is 1. The van der Waals surface area contributed by atoms with Gasteiger partial charge in [0.2, 0.25) is 5.91 Å². The van der Waals surface area contributed by atoms with E-state index in [4.69, 9.17) is 11.6 Å². The van der Waals surface area contributed by atoms with Crippen LogP contribution in [0.2, 0.25) is 5.02 Å². The summed E-state index contributed by atoms with van der Waals surface area (Å²) in [6.45, 7) is 6.80. The molecular weight excluding hydrogens is 310 g/mol. The van der Waals surface area contributed by atoms with Crippen molar-refractivity contribution in [1.82, 2.24) is 4.90 Å². The number of carbonyl (C=O) groups is 1. The molecule has 0 radical (unpaired) electrons. The van der Waals surface area contributed by atoms with Crippen molar-refractivity contribution >= 4 is 17.5 Å². The zero-order valence-electron chi connectivity index (χ0n) is 13.1. The van der Waals surface area contributed by atoms with Crippen LogP contribution in [0.4, 0.5) is 0 Å². The van der Waals surface area contributed by atoms with E-state index in [2.05, 4.69) is 6.58 Å². The summed E-state index contributed by atoms with van der Waals surface area (Å²) in [6.07, 6.45) is 1.96. The van der Waals surface area contributed by atoms with Crippen LogP contribution in [0.3, 0.4) is 0 Å². The maximum Gasteiger partial charge on any atom is 0.227 e. The lowest BCUT2D eigenvalue weighted by molar-refractivity contribution is -0.130. The number of hydrogen-bond acceptors (Lipinski definition) is 2. The van der Waals surface area contributed by atoms with Crippen LogP contribution >= 0.6 is 11.6 Å². The van der Waals surface area contributed by atoms with Crippen molar-refractivity contribution in [2.75, 3.05) is 6.54 Å². The molecule has 0 bridgehead atoms. The number of aryl methyl sites for hydroxylation is 1. The van der Waals surface area contributed by atoms with E-state index in [-0.39, 0.29) is 23.1 Å². The van der Waals surface area contributed by atoms with Gasteiger partial charge in [0.05, 0.1) is 11.4 Å². The monoisotopic (exact) mass is 329 g/mol. The van der Waals surface area contributed by atoms with Gasteiger partial charge in [-0.1, -0.05) is 48.0 Å². The topological polar surface area (TPSA) is 40.5 Å². The lowest BCUT2D eigenvalue weighted by Gasteiger charge is -2.22. The van der Waals surface area contributed by atoms with Crippen molar-refractivity contribution in [3.8, 4) is 5.75 Å². The van der Waals surface area contributed by atoms with E-state index < -0.39 is 0 Å². The predicted octanol–water partition coefficient (Wildman–Crippen LogP) is 4.11. The van der Waals surface area contributed by atoms with Crippen LogP contribution in [0.5, 0.6) is 5.75 Å². The summed E-state index contributed by atoms with van der Waals surface area (Å²) in [5.41, 5.74) is 3.05. The smallest absolute Gasteiger partial charge is 0.227 e. The average molecular weight is 330 g/mol. The van der Waals surface area contributed by atoms with Gasteiger partial charge in [0, 0.05) is 13.1 Å². The van der Waals surface area contributed by atoms with Gasteiger partial charge in [-0.3, -0.25) is 4.79 Å². The largest absolute Gasteiger partial charge is 0.506 e. The number of phenols is 1. The summed E-state index contributed by atoms with van der Waals surface area (Å²) in [4.78, 5) is 14.3. The van der Waals surface area contributed by atoms with Crippen LogP contribution in [0.15, 0.2) is 55.1 Å². The molecule has 0 aliphatic carbocycles. The molecule has 120 valence electrons. The molecule has 23 heavy (non-hydrogen) atoms. The Labute approximate surface area is 141 Å². The van der Waals surface area contributed by atoms with Gasteiger partial charge < -0.3 is 10.0 Å². The highest BCUT2D eigenvalue weighted by Gasteiger charge is 2.15. The summed E-state index contributed by atoms with van der Waals surface area (Å²) < 4.78 is 0. The molecule has 0 atom stereocenters. The Balaban J connectivity index is 2.13. The Morgan fingerprint density at radius 1 is 1.30 bits per heavy atom. The molecule has 0 spiro atoms. The molecule has 2 aromatic rings. The zero-order valence-corrected chi connectivity index (χ0v) is 13.9. The van der Waals surface area contributed by atoms with Crippen LogP contribution in [0.1, 0.15) is 16.7 Å². The Morgan fingerprint density at radius 3 is 2.70 bits per heavy atom. The third-order valence-corrected chi connectivity index (χ3v) is 3.99. The molecule has 0 heterocycles. The second-order valence-electron chi connectivity index (χ2n) is 5.45. The van der Waals surface area contributed by atoms with Crippen molar-refractivity contribution in [3.05, 3.63) is 76.8 Å². The number of aromatic hydroxyl groups is 1. The summed E-state index contributed by atoms with van der Waals surface area (Å²) in [5, 5.41) is 9.71. The number of carbonyl (C=O) groups excluding carboxylic acids is 1. The van der Waals surface area contributed by atoms with E-state index in [0.717, 1.165) is 16.7 Å². The molecule has 2 aromatic carbocycles. The predicted molar refractivity (Wildman–Crippen MR) is 93.6 cm³/mol. The summed E-state index contributed by atoms with van der Waals surface area (Å²) in [5.74, 6) is 0.0145. The highest BCUT2D eigenvalue weighted by atomic mass is 35.5. The van der Waals surface area contributed by atoms with E-state index in [1.165, 1.54) is 6.07 Å². The number of hydrogen-bond donors (Lipinski definition) is 1. The van der Waals surface area contributed by atoms with Crippen molar-refractivity contribution < 1.29 is 9.90 Å². The van der Waals surface area contributed by atoms with Crippen molar-refractivity contribution in [2.45, 2.75) is 19.9 Å². The van der Waals surface area contributed by atoms with E-state index in [9.17, 15) is 9.90 Å². The molecule has 3 nitrogen and oxygen atoms in total. The van der Waals surface area contributed by atoms with Gasteiger partial charge in [0.25, 0.3) is 0 Å². The van der Waals surface area contributed by atoms with Gasteiger partial charge in [-0.2, -0.15) is 0 Å². The van der Waals surface area contributed by atoms with Crippen molar-refractivity contribution in [1.29, 1.82) is 0 Å².